The lowest BCUT2D eigenvalue weighted by Gasteiger charge is -2.29. The lowest BCUT2D eigenvalue weighted by Crippen LogP contribution is -2.31. The van der Waals surface area contributed by atoms with Crippen molar-refractivity contribution in [3.63, 3.8) is 0 Å². The van der Waals surface area contributed by atoms with Gasteiger partial charge in [-0.05, 0) is 32.5 Å². The fraction of sp³-hybridized carbons (Fsp3) is 0.462. The second kappa shape index (κ2) is 4.49. The maximum Gasteiger partial charge on any atom is 0.155 e. The summed E-state index contributed by atoms with van der Waals surface area (Å²) in [7, 11) is 2.15. The molecule has 0 bridgehead atoms. The molecular formula is C13H17N5. The van der Waals surface area contributed by atoms with Crippen LogP contribution in [0.5, 0.6) is 0 Å². The predicted octanol–water partition coefficient (Wildman–Crippen LogP) is 1.42. The van der Waals surface area contributed by atoms with Gasteiger partial charge in [0.1, 0.15) is 0 Å². The van der Waals surface area contributed by atoms with E-state index in [9.17, 15) is 0 Å². The van der Waals surface area contributed by atoms with Gasteiger partial charge in [-0.15, -0.1) is 5.10 Å². The largest absolute Gasteiger partial charge is 0.382 e. The summed E-state index contributed by atoms with van der Waals surface area (Å²) >= 11 is 0. The molecule has 5 heteroatoms. The Morgan fingerprint density at radius 2 is 2.22 bits per heavy atom. The van der Waals surface area contributed by atoms with Crippen molar-refractivity contribution in [3.8, 4) is 0 Å². The number of nitrogens with two attached hydrogens (primary N) is 1. The van der Waals surface area contributed by atoms with Gasteiger partial charge in [0, 0.05) is 35.6 Å². The van der Waals surface area contributed by atoms with Gasteiger partial charge in [-0.2, -0.15) is 5.10 Å². The van der Waals surface area contributed by atoms with Crippen molar-refractivity contribution >= 4 is 16.6 Å². The van der Waals surface area contributed by atoms with E-state index in [-0.39, 0.29) is 0 Å². The minimum Gasteiger partial charge on any atom is -0.382 e. The lowest BCUT2D eigenvalue weighted by atomic mass is 9.92. The molecule has 0 radical (unpaired) electrons. The highest BCUT2D eigenvalue weighted by Crippen LogP contribution is 2.30. The maximum atomic E-state index is 5.86. The Kier molecular flexibility index (Phi) is 2.83. The molecule has 1 saturated heterocycles. The summed E-state index contributed by atoms with van der Waals surface area (Å²) in [6.45, 7) is 2.20. The lowest BCUT2D eigenvalue weighted by molar-refractivity contribution is 0.248. The molecule has 18 heavy (non-hydrogen) atoms. The van der Waals surface area contributed by atoms with E-state index in [1.807, 2.05) is 6.07 Å². The molecule has 2 aromatic rings. The van der Waals surface area contributed by atoms with Gasteiger partial charge >= 0.3 is 0 Å². The van der Waals surface area contributed by atoms with E-state index in [4.69, 9.17) is 5.73 Å². The van der Waals surface area contributed by atoms with Gasteiger partial charge in [0.2, 0.25) is 0 Å². The fourth-order valence-corrected chi connectivity index (χ4v) is 2.73. The van der Waals surface area contributed by atoms with Crippen molar-refractivity contribution in [2.75, 3.05) is 25.9 Å². The second-order valence-corrected chi connectivity index (χ2v) is 4.99. The highest BCUT2D eigenvalue weighted by atomic mass is 15.2. The van der Waals surface area contributed by atoms with E-state index in [0.29, 0.717) is 11.7 Å². The summed E-state index contributed by atoms with van der Waals surface area (Å²) in [6.07, 6.45) is 5.94. The fourth-order valence-electron chi connectivity index (χ4n) is 2.73. The average molecular weight is 243 g/mol. The Hall–Kier alpha value is -1.75. The number of nitrogens with zero attached hydrogens (tertiary/aromatic N) is 4. The zero-order valence-corrected chi connectivity index (χ0v) is 10.5. The normalized spacial score (nSPS) is 21.3. The quantitative estimate of drug-likeness (QED) is 0.820. The number of rotatable bonds is 1. The summed E-state index contributed by atoms with van der Waals surface area (Å²) in [5, 5.41) is 10.4. The number of nitrogen functional groups attached to an aromatic ring is 1. The summed E-state index contributed by atoms with van der Waals surface area (Å²) < 4.78 is 0. The van der Waals surface area contributed by atoms with E-state index in [1.165, 1.54) is 19.4 Å². The summed E-state index contributed by atoms with van der Waals surface area (Å²) in [4.78, 5) is 6.46. The third-order valence-electron chi connectivity index (χ3n) is 3.65. The maximum absolute atomic E-state index is 5.86. The van der Waals surface area contributed by atoms with Crippen LogP contribution in [0.2, 0.25) is 0 Å². The number of likely N-dealkylation sites (N-methyl/N-ethyl adjacent to an activating group) is 1. The van der Waals surface area contributed by atoms with Gasteiger partial charge in [-0.1, -0.05) is 0 Å². The molecular weight excluding hydrogens is 226 g/mol. The molecule has 0 spiro atoms. The molecule has 1 atom stereocenters. The Bertz CT molecular complexity index is 568. The minimum atomic E-state index is 0.446. The van der Waals surface area contributed by atoms with Crippen molar-refractivity contribution in [2.45, 2.75) is 18.8 Å². The van der Waals surface area contributed by atoms with Crippen molar-refractivity contribution in [3.05, 3.63) is 24.2 Å². The van der Waals surface area contributed by atoms with E-state index < -0.39 is 0 Å². The monoisotopic (exact) mass is 243 g/mol. The molecule has 2 N–H and O–H groups in total. The zero-order valence-electron chi connectivity index (χ0n) is 10.5. The van der Waals surface area contributed by atoms with Crippen molar-refractivity contribution in [1.82, 2.24) is 20.1 Å². The third-order valence-corrected chi connectivity index (χ3v) is 3.65. The number of hydrogen-bond acceptors (Lipinski definition) is 5. The number of fused-ring (bicyclic) bond motifs is 1. The molecule has 5 nitrogen and oxygen atoms in total. The summed E-state index contributed by atoms with van der Waals surface area (Å²) in [6, 6.07) is 1.99. The van der Waals surface area contributed by atoms with E-state index in [1.54, 1.807) is 12.4 Å². The molecule has 94 valence electrons. The van der Waals surface area contributed by atoms with Crippen molar-refractivity contribution in [1.29, 1.82) is 0 Å². The van der Waals surface area contributed by atoms with Gasteiger partial charge in [0.25, 0.3) is 0 Å². The van der Waals surface area contributed by atoms with Crippen LogP contribution >= 0.6 is 0 Å². The predicted molar refractivity (Wildman–Crippen MR) is 71.2 cm³/mol. The molecule has 3 rings (SSSR count). The van der Waals surface area contributed by atoms with Crippen LogP contribution in [0.4, 0.5) is 5.82 Å². The highest BCUT2D eigenvalue weighted by molar-refractivity contribution is 5.91. The van der Waals surface area contributed by atoms with Crippen LogP contribution in [0.15, 0.2) is 18.5 Å². The standard InChI is InChI=1S/C13H17N5/c1-18-6-2-3-9(8-18)12-10-4-5-15-7-11(10)13(14)17-16-12/h4-5,7,9H,2-3,6,8H2,1H3,(H2,14,17)/t9-/m1/s1. The number of pyridine rings is 1. The SMILES string of the molecule is CN1CCC[C@@H](c2nnc(N)c3cnccc23)C1. The van der Waals surface area contributed by atoms with Gasteiger partial charge in [0.05, 0.1) is 5.69 Å². The van der Waals surface area contributed by atoms with Gasteiger partial charge in [-0.25, -0.2) is 0 Å². The number of hydrogen-bond donors (Lipinski definition) is 1. The van der Waals surface area contributed by atoms with Gasteiger partial charge in [0.15, 0.2) is 5.82 Å². The Morgan fingerprint density at radius 1 is 1.33 bits per heavy atom. The van der Waals surface area contributed by atoms with Crippen molar-refractivity contribution in [2.24, 2.45) is 0 Å². The van der Waals surface area contributed by atoms with Crippen LogP contribution in [-0.4, -0.2) is 40.2 Å². The first-order valence-corrected chi connectivity index (χ1v) is 6.30. The Morgan fingerprint density at radius 3 is 3.06 bits per heavy atom. The van der Waals surface area contributed by atoms with Crippen LogP contribution in [0.1, 0.15) is 24.5 Å². The smallest absolute Gasteiger partial charge is 0.155 e. The van der Waals surface area contributed by atoms with Gasteiger partial charge < -0.3 is 10.6 Å². The van der Waals surface area contributed by atoms with Crippen molar-refractivity contribution < 1.29 is 0 Å². The molecule has 0 aromatic carbocycles. The molecule has 3 heterocycles. The van der Waals surface area contributed by atoms with Crippen LogP contribution < -0.4 is 5.73 Å². The molecule has 0 unspecified atom stereocenters. The Labute approximate surface area is 106 Å². The third kappa shape index (κ3) is 1.90. The molecule has 1 aliphatic rings. The number of anilines is 1. The zero-order chi connectivity index (χ0) is 12.5. The molecule has 2 aromatic heterocycles. The first kappa shape index (κ1) is 11.3. The van der Waals surface area contributed by atoms with Gasteiger partial charge in [-0.3, -0.25) is 4.98 Å². The van der Waals surface area contributed by atoms with Crippen LogP contribution in [-0.2, 0) is 0 Å². The number of piperidine rings is 1. The van der Waals surface area contributed by atoms with Crippen LogP contribution in [0, 0.1) is 0 Å². The summed E-state index contributed by atoms with van der Waals surface area (Å²) in [5.41, 5.74) is 6.92. The molecule has 0 saturated carbocycles. The van der Waals surface area contributed by atoms with Crippen LogP contribution in [0.3, 0.4) is 0 Å². The Balaban J connectivity index is 2.09. The minimum absolute atomic E-state index is 0.446. The summed E-state index contributed by atoms with van der Waals surface area (Å²) in [5.74, 6) is 0.910. The molecule has 1 fully saturated rings. The molecule has 1 aliphatic heterocycles. The first-order chi connectivity index (χ1) is 8.75. The second-order valence-electron chi connectivity index (χ2n) is 4.99. The average Bonchev–Trinajstić information content (AvgIpc) is 2.39. The van der Waals surface area contributed by atoms with E-state index in [0.717, 1.165) is 23.0 Å². The van der Waals surface area contributed by atoms with E-state index >= 15 is 0 Å². The van der Waals surface area contributed by atoms with E-state index in [2.05, 4.69) is 27.1 Å². The highest BCUT2D eigenvalue weighted by Gasteiger charge is 2.22. The number of aromatic nitrogens is 3. The topological polar surface area (TPSA) is 67.9 Å². The molecule has 0 amide bonds. The first-order valence-electron chi connectivity index (χ1n) is 6.30. The molecule has 0 aliphatic carbocycles. The number of likely N-dealkylation sites (tertiary alicyclic amines) is 1. The van der Waals surface area contributed by atoms with Crippen LogP contribution in [0.25, 0.3) is 10.8 Å².